The second-order valence-electron chi connectivity index (χ2n) is 6.24. The zero-order valence-corrected chi connectivity index (χ0v) is 17.0. The number of anilines is 1. The first-order valence-electron chi connectivity index (χ1n) is 8.67. The Morgan fingerprint density at radius 3 is 2.73 bits per heavy atom. The number of hydrogen-bond acceptors (Lipinski definition) is 7. The van der Waals surface area contributed by atoms with E-state index in [9.17, 15) is 18.4 Å². The number of hydrogen-bond donors (Lipinski definition) is 1. The maximum Gasteiger partial charge on any atom is 0.338 e. The third-order valence-corrected chi connectivity index (χ3v) is 5.72. The van der Waals surface area contributed by atoms with Crippen molar-refractivity contribution in [3.05, 3.63) is 64.5 Å². The second-order valence-corrected chi connectivity index (χ2v) is 7.98. The van der Waals surface area contributed by atoms with Gasteiger partial charge in [0.1, 0.15) is 0 Å². The van der Waals surface area contributed by atoms with Gasteiger partial charge in [-0.3, -0.25) is 10.1 Å². The highest BCUT2D eigenvalue weighted by Gasteiger charge is 2.21. The average Bonchev–Trinajstić information content (AvgIpc) is 3.38. The van der Waals surface area contributed by atoms with E-state index >= 15 is 0 Å². The number of carbonyl (C=O) groups excluding carboxylic acids is 2. The Morgan fingerprint density at radius 1 is 1.10 bits per heavy atom. The summed E-state index contributed by atoms with van der Waals surface area (Å²) in [6.07, 6.45) is -1.06. The number of aromatic nitrogens is 2. The van der Waals surface area contributed by atoms with E-state index in [1.807, 2.05) is 0 Å². The van der Waals surface area contributed by atoms with Crippen LogP contribution in [-0.4, -0.2) is 27.9 Å². The molecule has 0 bridgehead atoms. The molecule has 1 unspecified atom stereocenters. The molecule has 0 saturated heterocycles. The molecular formula is C20H13F2N3O3S2. The zero-order chi connectivity index (χ0) is 21.3. The van der Waals surface area contributed by atoms with Gasteiger partial charge in [-0.15, -0.1) is 22.7 Å². The number of fused-ring (bicyclic) bond motifs is 1. The normalized spacial score (nSPS) is 12.0. The van der Waals surface area contributed by atoms with Gasteiger partial charge >= 0.3 is 5.97 Å². The van der Waals surface area contributed by atoms with Gasteiger partial charge in [-0.25, -0.2) is 23.5 Å². The van der Waals surface area contributed by atoms with Crippen molar-refractivity contribution in [2.75, 3.05) is 5.32 Å². The lowest BCUT2D eigenvalue weighted by Crippen LogP contribution is -2.29. The number of nitrogens with one attached hydrogen (secondary N) is 1. The van der Waals surface area contributed by atoms with E-state index in [0.717, 1.165) is 33.7 Å². The minimum atomic E-state index is -1.06. The van der Waals surface area contributed by atoms with Crippen LogP contribution in [0.4, 0.5) is 13.9 Å². The Kier molecular flexibility index (Phi) is 5.51. The summed E-state index contributed by atoms with van der Waals surface area (Å²) in [6.45, 7) is 1.45. The van der Waals surface area contributed by atoms with E-state index in [4.69, 9.17) is 4.74 Å². The second kappa shape index (κ2) is 8.25. The predicted octanol–water partition coefficient (Wildman–Crippen LogP) is 4.88. The first-order chi connectivity index (χ1) is 14.4. The van der Waals surface area contributed by atoms with Gasteiger partial charge in [0.25, 0.3) is 5.91 Å². The monoisotopic (exact) mass is 445 g/mol. The van der Waals surface area contributed by atoms with Crippen molar-refractivity contribution < 1.29 is 23.1 Å². The summed E-state index contributed by atoms with van der Waals surface area (Å²) in [4.78, 5) is 33.0. The smallest absolute Gasteiger partial charge is 0.338 e. The molecule has 152 valence electrons. The molecule has 1 atom stereocenters. The molecule has 1 N–H and O–H groups in total. The Balaban J connectivity index is 1.40. The third kappa shape index (κ3) is 4.19. The SMILES string of the molecule is CC(OC(=O)c1ccc2ncsc2c1)C(=O)Nc1nc(-c2ccc(F)c(F)c2)cs1. The molecule has 4 aromatic rings. The number of amides is 1. The fraction of sp³-hybridized carbons (Fsp3) is 0.100. The lowest BCUT2D eigenvalue weighted by Gasteiger charge is -2.12. The van der Waals surface area contributed by atoms with Crippen molar-refractivity contribution in [1.29, 1.82) is 0 Å². The van der Waals surface area contributed by atoms with Gasteiger partial charge in [0.05, 0.1) is 27.0 Å². The van der Waals surface area contributed by atoms with Crippen LogP contribution in [0, 0.1) is 11.6 Å². The quantitative estimate of drug-likeness (QED) is 0.443. The van der Waals surface area contributed by atoms with Crippen LogP contribution in [0.15, 0.2) is 47.3 Å². The maximum absolute atomic E-state index is 13.4. The van der Waals surface area contributed by atoms with Crippen LogP contribution in [0.5, 0.6) is 0 Å². The van der Waals surface area contributed by atoms with Gasteiger partial charge in [-0.1, -0.05) is 0 Å². The van der Waals surface area contributed by atoms with Gasteiger partial charge in [0.2, 0.25) is 0 Å². The summed E-state index contributed by atoms with van der Waals surface area (Å²) in [5, 5.41) is 4.40. The van der Waals surface area contributed by atoms with Crippen LogP contribution < -0.4 is 5.32 Å². The van der Waals surface area contributed by atoms with Gasteiger partial charge in [0.15, 0.2) is 22.9 Å². The molecule has 30 heavy (non-hydrogen) atoms. The van der Waals surface area contributed by atoms with Crippen molar-refractivity contribution >= 4 is 49.9 Å². The number of ether oxygens (including phenoxy) is 1. The summed E-state index contributed by atoms with van der Waals surface area (Å²) < 4.78 is 32.5. The van der Waals surface area contributed by atoms with Gasteiger partial charge in [-0.2, -0.15) is 0 Å². The van der Waals surface area contributed by atoms with Crippen molar-refractivity contribution in [2.24, 2.45) is 0 Å². The summed E-state index contributed by atoms with van der Waals surface area (Å²) in [5.74, 6) is -3.13. The van der Waals surface area contributed by atoms with Crippen molar-refractivity contribution in [3.8, 4) is 11.3 Å². The number of halogens is 2. The average molecular weight is 445 g/mol. The number of thiazole rings is 2. The highest BCUT2D eigenvalue weighted by Crippen LogP contribution is 2.26. The summed E-state index contributed by atoms with van der Waals surface area (Å²) >= 11 is 2.51. The van der Waals surface area contributed by atoms with Crippen LogP contribution in [-0.2, 0) is 9.53 Å². The van der Waals surface area contributed by atoms with E-state index in [0.29, 0.717) is 16.8 Å². The van der Waals surface area contributed by atoms with E-state index in [-0.39, 0.29) is 5.13 Å². The molecule has 2 aromatic heterocycles. The fourth-order valence-electron chi connectivity index (χ4n) is 2.59. The molecular weight excluding hydrogens is 432 g/mol. The summed E-state index contributed by atoms with van der Waals surface area (Å²) in [5.41, 5.74) is 3.54. The van der Waals surface area contributed by atoms with Crippen molar-refractivity contribution in [1.82, 2.24) is 9.97 Å². The van der Waals surface area contributed by atoms with Crippen molar-refractivity contribution in [3.63, 3.8) is 0 Å². The molecule has 0 spiro atoms. The summed E-state index contributed by atoms with van der Waals surface area (Å²) in [6, 6.07) is 8.39. The molecule has 1 amide bonds. The van der Waals surface area contributed by atoms with Gasteiger partial charge < -0.3 is 4.74 Å². The zero-order valence-electron chi connectivity index (χ0n) is 15.4. The molecule has 0 aliphatic carbocycles. The number of carbonyl (C=O) groups is 2. The lowest BCUT2D eigenvalue weighted by atomic mass is 10.2. The Labute approximate surface area is 177 Å². The Hall–Kier alpha value is -3.24. The fourth-order valence-corrected chi connectivity index (χ4v) is 4.03. The molecule has 0 aliphatic rings. The Morgan fingerprint density at radius 2 is 1.93 bits per heavy atom. The molecule has 10 heteroatoms. The van der Waals surface area contributed by atoms with Crippen LogP contribution in [0.3, 0.4) is 0 Å². The highest BCUT2D eigenvalue weighted by molar-refractivity contribution is 7.16. The molecule has 6 nitrogen and oxygen atoms in total. The predicted molar refractivity (Wildman–Crippen MR) is 111 cm³/mol. The minimum Gasteiger partial charge on any atom is -0.449 e. The molecule has 2 heterocycles. The molecule has 2 aromatic carbocycles. The van der Waals surface area contributed by atoms with Crippen molar-refractivity contribution in [2.45, 2.75) is 13.0 Å². The molecule has 0 saturated carbocycles. The Bertz CT molecular complexity index is 1260. The molecule has 0 radical (unpaired) electrons. The molecule has 4 rings (SSSR count). The summed E-state index contributed by atoms with van der Waals surface area (Å²) in [7, 11) is 0. The lowest BCUT2D eigenvalue weighted by molar-refractivity contribution is -0.123. The number of esters is 1. The van der Waals surface area contributed by atoms with Crippen LogP contribution in [0.25, 0.3) is 21.5 Å². The molecule has 0 fully saturated rings. The standard InChI is InChI=1S/C20H13F2N3O3S2/c1-10(28-19(27)12-3-5-15-17(7-12)30-9-23-15)18(26)25-20-24-16(8-29-20)11-2-4-13(21)14(22)6-11/h2-10H,1H3,(H,24,25,26). The van der Waals surface area contributed by atoms with Gasteiger partial charge in [-0.05, 0) is 43.3 Å². The van der Waals surface area contributed by atoms with E-state index in [1.165, 1.54) is 24.3 Å². The third-order valence-electron chi connectivity index (χ3n) is 4.17. The van der Waals surface area contributed by atoms with Crippen LogP contribution in [0.2, 0.25) is 0 Å². The van der Waals surface area contributed by atoms with E-state index < -0.39 is 29.6 Å². The first kappa shape index (κ1) is 20.0. The first-order valence-corrected chi connectivity index (χ1v) is 10.4. The van der Waals surface area contributed by atoms with E-state index in [2.05, 4.69) is 15.3 Å². The topological polar surface area (TPSA) is 81.2 Å². The van der Waals surface area contributed by atoms with Gasteiger partial charge in [0, 0.05) is 10.9 Å². The maximum atomic E-state index is 13.4. The number of benzene rings is 2. The number of nitrogens with zero attached hydrogens (tertiary/aromatic N) is 2. The van der Waals surface area contributed by atoms with Crippen LogP contribution in [0.1, 0.15) is 17.3 Å². The van der Waals surface area contributed by atoms with Crippen LogP contribution >= 0.6 is 22.7 Å². The largest absolute Gasteiger partial charge is 0.449 e. The number of rotatable bonds is 5. The van der Waals surface area contributed by atoms with E-state index in [1.54, 1.807) is 29.1 Å². The minimum absolute atomic E-state index is 0.244. The molecule has 0 aliphatic heterocycles. The highest BCUT2D eigenvalue weighted by atomic mass is 32.1.